The van der Waals surface area contributed by atoms with Gasteiger partial charge < -0.3 is 5.32 Å². The van der Waals surface area contributed by atoms with Crippen molar-refractivity contribution in [2.75, 3.05) is 5.75 Å². The zero-order chi connectivity index (χ0) is 18.8. The first-order valence-electron chi connectivity index (χ1n) is 9.14. The summed E-state index contributed by atoms with van der Waals surface area (Å²) < 4.78 is 1.75. The van der Waals surface area contributed by atoms with Gasteiger partial charge in [0.15, 0.2) is 5.16 Å². The SMILES string of the molecule is CCCn1c(SCC(=O)NCc2cccs2)nc2sc3c(c2c1=O)CCC3. The number of nitrogens with one attached hydrogen (secondary N) is 1. The van der Waals surface area contributed by atoms with Crippen LogP contribution in [0.2, 0.25) is 0 Å². The molecule has 0 saturated carbocycles. The minimum atomic E-state index is -0.0422. The molecule has 0 unspecified atom stereocenters. The monoisotopic (exact) mass is 419 g/mol. The number of hydrogen-bond acceptors (Lipinski definition) is 6. The maximum absolute atomic E-state index is 13.1. The summed E-state index contributed by atoms with van der Waals surface area (Å²) in [6.45, 7) is 3.23. The molecule has 5 nitrogen and oxygen atoms in total. The van der Waals surface area contributed by atoms with Crippen LogP contribution < -0.4 is 10.9 Å². The highest BCUT2D eigenvalue weighted by Gasteiger charge is 2.23. The van der Waals surface area contributed by atoms with Gasteiger partial charge in [-0.3, -0.25) is 14.2 Å². The number of thioether (sulfide) groups is 1. The number of aromatic nitrogens is 2. The van der Waals surface area contributed by atoms with Gasteiger partial charge in [-0.1, -0.05) is 24.8 Å². The molecule has 3 aromatic heterocycles. The highest BCUT2D eigenvalue weighted by molar-refractivity contribution is 7.99. The standard InChI is InChI=1S/C19H21N3O2S3/c1-2-8-22-18(24)16-13-6-3-7-14(13)27-17(16)21-19(22)26-11-15(23)20-10-12-5-4-9-25-12/h4-5,9H,2-3,6-8,10-11H2,1H3,(H,20,23). The fraction of sp³-hybridized carbons (Fsp3) is 0.421. The molecule has 0 aromatic carbocycles. The van der Waals surface area contributed by atoms with E-state index < -0.39 is 0 Å². The number of amides is 1. The van der Waals surface area contributed by atoms with E-state index in [1.54, 1.807) is 27.2 Å². The molecule has 8 heteroatoms. The number of carbonyl (C=O) groups is 1. The Morgan fingerprint density at radius 1 is 1.41 bits per heavy atom. The normalized spacial score (nSPS) is 13.2. The molecule has 0 aliphatic heterocycles. The van der Waals surface area contributed by atoms with Gasteiger partial charge in [-0.05, 0) is 42.7 Å². The van der Waals surface area contributed by atoms with E-state index in [1.165, 1.54) is 22.2 Å². The van der Waals surface area contributed by atoms with Gasteiger partial charge in [0.1, 0.15) is 4.83 Å². The fourth-order valence-electron chi connectivity index (χ4n) is 3.37. The molecule has 3 aromatic rings. The molecule has 0 spiro atoms. The fourth-order valence-corrected chi connectivity index (χ4v) is 6.17. The summed E-state index contributed by atoms with van der Waals surface area (Å²) in [7, 11) is 0. The summed E-state index contributed by atoms with van der Waals surface area (Å²) in [4.78, 5) is 33.3. The van der Waals surface area contributed by atoms with E-state index in [-0.39, 0.29) is 17.2 Å². The third kappa shape index (κ3) is 3.83. The molecule has 0 bridgehead atoms. The van der Waals surface area contributed by atoms with Crippen LogP contribution in [0.1, 0.15) is 35.1 Å². The third-order valence-electron chi connectivity index (χ3n) is 4.61. The van der Waals surface area contributed by atoms with Crippen molar-refractivity contribution in [3.8, 4) is 0 Å². The summed E-state index contributed by atoms with van der Waals surface area (Å²) in [5, 5.41) is 6.39. The molecule has 1 aliphatic rings. The van der Waals surface area contributed by atoms with Crippen molar-refractivity contribution in [3.05, 3.63) is 43.2 Å². The number of aryl methyl sites for hydroxylation is 2. The van der Waals surface area contributed by atoms with E-state index >= 15 is 0 Å². The van der Waals surface area contributed by atoms with E-state index in [0.717, 1.165) is 40.8 Å². The average molecular weight is 420 g/mol. The van der Waals surface area contributed by atoms with Crippen molar-refractivity contribution in [3.63, 3.8) is 0 Å². The van der Waals surface area contributed by atoms with Gasteiger partial charge in [-0.15, -0.1) is 22.7 Å². The predicted octanol–water partition coefficient (Wildman–Crippen LogP) is 3.83. The molecule has 3 heterocycles. The lowest BCUT2D eigenvalue weighted by molar-refractivity contribution is -0.118. The Labute approximate surface area is 169 Å². The van der Waals surface area contributed by atoms with Gasteiger partial charge in [-0.2, -0.15) is 0 Å². The highest BCUT2D eigenvalue weighted by Crippen LogP contribution is 2.35. The topological polar surface area (TPSA) is 64.0 Å². The highest BCUT2D eigenvalue weighted by atomic mass is 32.2. The molecule has 27 heavy (non-hydrogen) atoms. The van der Waals surface area contributed by atoms with Crippen LogP contribution in [0.5, 0.6) is 0 Å². The minimum absolute atomic E-state index is 0.0422. The summed E-state index contributed by atoms with van der Waals surface area (Å²) in [6.07, 6.45) is 4.02. The zero-order valence-electron chi connectivity index (χ0n) is 15.1. The molecule has 0 atom stereocenters. The summed E-state index contributed by atoms with van der Waals surface area (Å²) in [5.74, 6) is 0.220. The maximum Gasteiger partial charge on any atom is 0.263 e. The molecule has 1 aliphatic carbocycles. The van der Waals surface area contributed by atoms with Crippen molar-refractivity contribution in [2.45, 2.75) is 50.9 Å². The second kappa shape index (κ2) is 8.16. The molecule has 0 fully saturated rings. The van der Waals surface area contributed by atoms with E-state index in [1.807, 2.05) is 17.5 Å². The molecular formula is C19H21N3O2S3. The van der Waals surface area contributed by atoms with E-state index in [0.29, 0.717) is 18.2 Å². The second-order valence-corrected chi connectivity index (χ2v) is 9.59. The molecule has 1 amide bonds. The Balaban J connectivity index is 1.54. The third-order valence-corrected chi connectivity index (χ3v) is 7.65. The lowest BCUT2D eigenvalue weighted by atomic mass is 10.2. The number of nitrogens with zero attached hydrogens (tertiary/aromatic N) is 2. The number of fused-ring (bicyclic) bond motifs is 3. The van der Waals surface area contributed by atoms with E-state index in [9.17, 15) is 9.59 Å². The lowest BCUT2D eigenvalue weighted by Crippen LogP contribution is -2.26. The van der Waals surface area contributed by atoms with Crippen molar-refractivity contribution in [1.29, 1.82) is 0 Å². The Kier molecular flexibility index (Phi) is 5.66. The Bertz CT molecular complexity index is 1020. The Morgan fingerprint density at radius 3 is 3.07 bits per heavy atom. The van der Waals surface area contributed by atoms with Crippen molar-refractivity contribution < 1.29 is 4.79 Å². The summed E-state index contributed by atoms with van der Waals surface area (Å²) in [6, 6.07) is 3.98. The van der Waals surface area contributed by atoms with Crippen LogP contribution in [0.3, 0.4) is 0 Å². The Hall–Kier alpha value is -1.64. The first-order chi connectivity index (χ1) is 13.2. The van der Waals surface area contributed by atoms with Crippen LogP contribution in [0.25, 0.3) is 10.2 Å². The quantitative estimate of drug-likeness (QED) is 0.467. The van der Waals surface area contributed by atoms with Crippen LogP contribution in [-0.4, -0.2) is 21.2 Å². The average Bonchev–Trinajstić information content (AvgIpc) is 3.37. The number of hydrogen-bond donors (Lipinski definition) is 1. The predicted molar refractivity (Wildman–Crippen MR) is 113 cm³/mol. The first kappa shape index (κ1) is 18.7. The summed E-state index contributed by atoms with van der Waals surface area (Å²) >= 11 is 4.62. The van der Waals surface area contributed by atoms with Gasteiger partial charge in [-0.25, -0.2) is 4.98 Å². The van der Waals surface area contributed by atoms with E-state index in [4.69, 9.17) is 4.98 Å². The van der Waals surface area contributed by atoms with Crippen LogP contribution in [0.4, 0.5) is 0 Å². The molecule has 4 rings (SSSR count). The lowest BCUT2D eigenvalue weighted by Gasteiger charge is -2.11. The maximum atomic E-state index is 13.1. The van der Waals surface area contributed by atoms with Gasteiger partial charge in [0, 0.05) is 16.3 Å². The van der Waals surface area contributed by atoms with Crippen LogP contribution in [0.15, 0.2) is 27.5 Å². The van der Waals surface area contributed by atoms with Crippen LogP contribution >= 0.6 is 34.4 Å². The molecule has 142 valence electrons. The largest absolute Gasteiger partial charge is 0.350 e. The molecule has 1 N–H and O–H groups in total. The summed E-state index contributed by atoms with van der Waals surface area (Å²) in [5.41, 5.74) is 1.27. The van der Waals surface area contributed by atoms with Crippen LogP contribution in [0, 0.1) is 0 Å². The number of carbonyl (C=O) groups excluding carboxylic acids is 1. The van der Waals surface area contributed by atoms with Crippen molar-refractivity contribution >= 4 is 50.6 Å². The van der Waals surface area contributed by atoms with Gasteiger partial charge >= 0.3 is 0 Å². The minimum Gasteiger partial charge on any atom is -0.350 e. The zero-order valence-corrected chi connectivity index (χ0v) is 17.6. The Morgan fingerprint density at radius 2 is 2.30 bits per heavy atom. The number of thiophene rings is 2. The molecular weight excluding hydrogens is 398 g/mol. The van der Waals surface area contributed by atoms with Crippen molar-refractivity contribution in [2.24, 2.45) is 0 Å². The van der Waals surface area contributed by atoms with E-state index in [2.05, 4.69) is 12.2 Å². The van der Waals surface area contributed by atoms with Gasteiger partial charge in [0.25, 0.3) is 5.56 Å². The second-order valence-electron chi connectivity index (χ2n) is 6.53. The smallest absolute Gasteiger partial charge is 0.263 e. The van der Waals surface area contributed by atoms with Crippen molar-refractivity contribution in [1.82, 2.24) is 14.9 Å². The molecule has 0 radical (unpaired) electrons. The first-order valence-corrected chi connectivity index (χ1v) is 11.8. The van der Waals surface area contributed by atoms with Gasteiger partial charge in [0.05, 0.1) is 17.7 Å². The molecule has 0 saturated heterocycles. The van der Waals surface area contributed by atoms with Crippen LogP contribution in [-0.2, 0) is 30.7 Å². The number of rotatable bonds is 7. The van der Waals surface area contributed by atoms with Gasteiger partial charge in [0.2, 0.25) is 5.91 Å².